The zero-order chi connectivity index (χ0) is 13.9. The molecule has 3 heterocycles. The van der Waals surface area contributed by atoms with E-state index in [9.17, 15) is 4.79 Å². The first-order chi connectivity index (χ1) is 9.74. The molecule has 1 saturated heterocycles. The largest absolute Gasteiger partial charge is 0.336 e. The van der Waals surface area contributed by atoms with Gasteiger partial charge in [-0.1, -0.05) is 6.07 Å². The summed E-state index contributed by atoms with van der Waals surface area (Å²) in [5, 5.41) is 5.48. The number of carbonyl (C=O) groups excluding carboxylic acids is 1. The number of rotatable bonds is 2. The summed E-state index contributed by atoms with van der Waals surface area (Å²) in [6, 6.07) is 4.30. The molecule has 106 valence electrons. The Kier molecular flexibility index (Phi) is 4.43. The summed E-state index contributed by atoms with van der Waals surface area (Å²) in [7, 11) is 0. The maximum absolute atomic E-state index is 12.4. The Morgan fingerprint density at radius 3 is 3.00 bits per heavy atom. The highest BCUT2D eigenvalue weighted by molar-refractivity contribution is 7.99. The lowest BCUT2D eigenvalue weighted by molar-refractivity contribution is 0.0761. The smallest absolute Gasteiger partial charge is 0.273 e. The van der Waals surface area contributed by atoms with Crippen LogP contribution in [-0.2, 0) is 0 Å². The van der Waals surface area contributed by atoms with Gasteiger partial charge in [-0.3, -0.25) is 4.79 Å². The van der Waals surface area contributed by atoms with Crippen molar-refractivity contribution < 1.29 is 4.79 Å². The Morgan fingerprint density at radius 2 is 2.30 bits per heavy atom. The molecule has 2 aromatic heterocycles. The fourth-order valence-electron chi connectivity index (χ4n) is 2.30. The normalized spacial score (nSPS) is 19.9. The molecule has 3 rings (SSSR count). The number of thiophene rings is 1. The number of amides is 1. The van der Waals surface area contributed by atoms with E-state index in [-0.39, 0.29) is 5.91 Å². The highest BCUT2D eigenvalue weighted by Gasteiger charge is 2.24. The predicted molar refractivity (Wildman–Crippen MR) is 86.9 cm³/mol. The van der Waals surface area contributed by atoms with E-state index >= 15 is 0 Å². The second-order valence-corrected chi connectivity index (χ2v) is 8.06. The van der Waals surface area contributed by atoms with Gasteiger partial charge in [-0.2, -0.15) is 11.8 Å². The van der Waals surface area contributed by atoms with Crippen LogP contribution in [0.1, 0.15) is 32.0 Å². The minimum absolute atomic E-state index is 0.0850. The molecule has 0 bridgehead atoms. The fourth-order valence-corrected chi connectivity index (χ4v) is 5.12. The zero-order valence-corrected chi connectivity index (χ0v) is 13.7. The van der Waals surface area contributed by atoms with Gasteiger partial charge in [0.05, 0.1) is 5.01 Å². The van der Waals surface area contributed by atoms with Gasteiger partial charge in [-0.25, -0.2) is 4.98 Å². The average Bonchev–Trinajstić information content (AvgIpc) is 3.05. The second kappa shape index (κ2) is 6.28. The Morgan fingerprint density at radius 1 is 1.40 bits per heavy atom. The van der Waals surface area contributed by atoms with Gasteiger partial charge in [0.15, 0.2) is 0 Å². The number of hydrogen-bond donors (Lipinski definition) is 0. The van der Waals surface area contributed by atoms with E-state index in [2.05, 4.69) is 22.5 Å². The summed E-state index contributed by atoms with van der Waals surface area (Å²) in [5.74, 6) is 1.08. The van der Waals surface area contributed by atoms with E-state index < -0.39 is 0 Å². The first kappa shape index (κ1) is 14.1. The molecule has 0 aliphatic carbocycles. The van der Waals surface area contributed by atoms with Crippen molar-refractivity contribution in [3.8, 4) is 0 Å². The van der Waals surface area contributed by atoms with Gasteiger partial charge in [0.2, 0.25) is 0 Å². The van der Waals surface area contributed by atoms with Gasteiger partial charge >= 0.3 is 0 Å². The van der Waals surface area contributed by atoms with Gasteiger partial charge < -0.3 is 4.90 Å². The standard InChI is InChI=1S/C14H16N2OS3/c1-10-15-11(9-20-10)14(17)16-5-4-13(19-8-6-16)12-3-2-7-18-12/h2-3,7,9,13H,4-6,8H2,1H3/t13-/m1/s1. The van der Waals surface area contributed by atoms with Gasteiger partial charge in [0.25, 0.3) is 5.91 Å². The number of aromatic nitrogens is 1. The maximum Gasteiger partial charge on any atom is 0.273 e. The van der Waals surface area contributed by atoms with Crippen molar-refractivity contribution in [3.05, 3.63) is 38.5 Å². The summed E-state index contributed by atoms with van der Waals surface area (Å²) in [5.41, 5.74) is 0.604. The number of thioether (sulfide) groups is 1. The van der Waals surface area contributed by atoms with Crippen molar-refractivity contribution in [2.24, 2.45) is 0 Å². The highest BCUT2D eigenvalue weighted by Crippen LogP contribution is 2.36. The van der Waals surface area contributed by atoms with Gasteiger partial charge in [-0.15, -0.1) is 22.7 Å². The second-order valence-electron chi connectivity index (χ2n) is 4.71. The lowest BCUT2D eigenvalue weighted by atomic mass is 10.2. The Hall–Kier alpha value is -0.850. The molecule has 1 amide bonds. The first-order valence-corrected chi connectivity index (χ1v) is 9.41. The quantitative estimate of drug-likeness (QED) is 0.841. The van der Waals surface area contributed by atoms with Crippen LogP contribution in [0.5, 0.6) is 0 Å². The fraction of sp³-hybridized carbons (Fsp3) is 0.429. The summed E-state index contributed by atoms with van der Waals surface area (Å²) in [6.45, 7) is 3.58. The third kappa shape index (κ3) is 3.07. The molecule has 1 aliphatic heterocycles. The van der Waals surface area contributed by atoms with Crippen LogP contribution in [0.4, 0.5) is 0 Å². The van der Waals surface area contributed by atoms with Gasteiger partial charge in [0.1, 0.15) is 5.69 Å². The number of thiazole rings is 1. The summed E-state index contributed by atoms with van der Waals surface area (Å²) in [6.07, 6.45) is 1.03. The number of carbonyl (C=O) groups is 1. The van der Waals surface area contributed by atoms with Gasteiger partial charge in [-0.05, 0) is 24.8 Å². The highest BCUT2D eigenvalue weighted by atomic mass is 32.2. The van der Waals surface area contributed by atoms with E-state index in [4.69, 9.17) is 0 Å². The van der Waals surface area contributed by atoms with Crippen molar-refractivity contribution in [1.82, 2.24) is 9.88 Å². The molecule has 0 unspecified atom stereocenters. The molecule has 6 heteroatoms. The molecule has 0 spiro atoms. The third-order valence-electron chi connectivity index (χ3n) is 3.33. The van der Waals surface area contributed by atoms with Crippen molar-refractivity contribution in [2.45, 2.75) is 18.6 Å². The lowest BCUT2D eigenvalue weighted by Gasteiger charge is -2.18. The number of aryl methyl sites for hydroxylation is 1. The summed E-state index contributed by atoms with van der Waals surface area (Å²) in [4.78, 5) is 20.1. The van der Waals surface area contributed by atoms with Crippen LogP contribution < -0.4 is 0 Å². The zero-order valence-electron chi connectivity index (χ0n) is 11.2. The predicted octanol–water partition coefficient (Wildman–Crippen LogP) is 3.83. The number of hydrogen-bond acceptors (Lipinski definition) is 5. The van der Waals surface area contributed by atoms with Crippen LogP contribution in [-0.4, -0.2) is 34.6 Å². The van der Waals surface area contributed by atoms with Crippen LogP contribution in [0.2, 0.25) is 0 Å². The first-order valence-electron chi connectivity index (χ1n) is 6.60. The molecule has 0 radical (unpaired) electrons. The Labute approximate surface area is 131 Å². The van der Waals surface area contributed by atoms with Crippen LogP contribution in [0.25, 0.3) is 0 Å². The Balaban J connectivity index is 1.66. The molecule has 1 fully saturated rings. The van der Waals surface area contributed by atoms with Crippen LogP contribution in [0.3, 0.4) is 0 Å². The SMILES string of the molecule is Cc1nc(C(=O)N2CCS[C@@H](c3cccs3)CC2)cs1. The molecule has 0 N–H and O–H groups in total. The molecule has 0 saturated carbocycles. The number of nitrogens with zero attached hydrogens (tertiary/aromatic N) is 2. The van der Waals surface area contributed by atoms with E-state index in [1.807, 2.05) is 40.3 Å². The van der Waals surface area contributed by atoms with Gasteiger partial charge in [0, 0.05) is 34.3 Å². The minimum atomic E-state index is 0.0850. The summed E-state index contributed by atoms with van der Waals surface area (Å²) < 4.78 is 0. The molecule has 3 nitrogen and oxygen atoms in total. The van der Waals surface area contributed by atoms with Crippen molar-refractivity contribution in [1.29, 1.82) is 0 Å². The van der Waals surface area contributed by atoms with E-state index in [1.165, 1.54) is 16.2 Å². The molecule has 2 aromatic rings. The van der Waals surface area contributed by atoms with Crippen molar-refractivity contribution in [2.75, 3.05) is 18.8 Å². The molecule has 1 aliphatic rings. The van der Waals surface area contributed by atoms with Crippen molar-refractivity contribution in [3.63, 3.8) is 0 Å². The maximum atomic E-state index is 12.4. The van der Waals surface area contributed by atoms with Crippen LogP contribution in [0, 0.1) is 6.92 Å². The molecular weight excluding hydrogens is 308 g/mol. The molecule has 0 aromatic carbocycles. The average molecular weight is 324 g/mol. The topological polar surface area (TPSA) is 33.2 Å². The van der Waals surface area contributed by atoms with E-state index in [0.29, 0.717) is 10.9 Å². The van der Waals surface area contributed by atoms with Crippen LogP contribution >= 0.6 is 34.4 Å². The monoisotopic (exact) mass is 324 g/mol. The molecular formula is C14H16N2OS3. The third-order valence-corrected chi connectivity index (χ3v) is 6.55. The van der Waals surface area contributed by atoms with Crippen LogP contribution in [0.15, 0.2) is 22.9 Å². The van der Waals surface area contributed by atoms with E-state index in [0.717, 1.165) is 30.3 Å². The molecule has 20 heavy (non-hydrogen) atoms. The van der Waals surface area contributed by atoms with E-state index in [1.54, 1.807) is 0 Å². The summed E-state index contributed by atoms with van der Waals surface area (Å²) >= 11 is 5.31. The molecule has 1 atom stereocenters. The lowest BCUT2D eigenvalue weighted by Crippen LogP contribution is -2.33. The minimum Gasteiger partial charge on any atom is -0.336 e. The Bertz CT molecular complexity index is 579. The van der Waals surface area contributed by atoms with Crippen molar-refractivity contribution >= 4 is 40.3 Å².